The molecule has 0 bridgehead atoms. The second kappa shape index (κ2) is 16.4. The zero-order valence-corrected chi connectivity index (χ0v) is 18.0. The van der Waals surface area contributed by atoms with Gasteiger partial charge in [0.15, 0.2) is 0 Å². The van der Waals surface area contributed by atoms with Gasteiger partial charge in [0, 0.05) is 13.2 Å². The van der Waals surface area contributed by atoms with Crippen LogP contribution in [0.2, 0.25) is 0 Å². The minimum Gasteiger partial charge on any atom is -0.390 e. The van der Waals surface area contributed by atoms with Crippen LogP contribution in [0.5, 0.6) is 0 Å². The van der Waals surface area contributed by atoms with Gasteiger partial charge in [-0.3, -0.25) is 0 Å². The quantitative estimate of drug-likeness (QED) is 0.221. The van der Waals surface area contributed by atoms with Crippen LogP contribution < -0.4 is 5.73 Å². The molecule has 0 aromatic carbocycles. The van der Waals surface area contributed by atoms with Crippen molar-refractivity contribution in [2.75, 3.05) is 72.6 Å². The van der Waals surface area contributed by atoms with Gasteiger partial charge in [-0.1, -0.05) is 5.21 Å². The van der Waals surface area contributed by atoms with Crippen LogP contribution in [0.25, 0.3) is 0 Å². The van der Waals surface area contributed by atoms with Gasteiger partial charge in [0.05, 0.1) is 84.9 Å². The lowest BCUT2D eigenvalue weighted by molar-refractivity contribution is -0.156. The van der Waals surface area contributed by atoms with Crippen molar-refractivity contribution in [1.82, 2.24) is 15.0 Å². The fourth-order valence-electron chi connectivity index (χ4n) is 2.80. The highest BCUT2D eigenvalue weighted by molar-refractivity contribution is 4.89. The Morgan fingerprint density at radius 1 is 0.968 bits per heavy atom. The van der Waals surface area contributed by atoms with E-state index in [2.05, 4.69) is 10.3 Å². The number of hydrogen-bond acceptors (Lipinski definition) is 11. The second-order valence-electron chi connectivity index (χ2n) is 6.98. The third-order valence-electron chi connectivity index (χ3n) is 4.48. The topological polar surface area (TPSA) is 153 Å². The van der Waals surface area contributed by atoms with Crippen molar-refractivity contribution in [1.29, 1.82) is 0 Å². The van der Waals surface area contributed by atoms with Gasteiger partial charge in [0.25, 0.3) is 0 Å². The molecule has 1 saturated heterocycles. The van der Waals surface area contributed by atoms with Gasteiger partial charge < -0.3 is 44.4 Å². The van der Waals surface area contributed by atoms with E-state index in [9.17, 15) is 10.2 Å². The van der Waals surface area contributed by atoms with Crippen LogP contribution in [0.15, 0.2) is 6.20 Å². The van der Waals surface area contributed by atoms with Crippen LogP contribution in [0.1, 0.15) is 12.1 Å². The molecule has 2 heterocycles. The molecule has 1 aromatic heterocycles. The van der Waals surface area contributed by atoms with Gasteiger partial charge in [0.1, 0.15) is 17.9 Å². The summed E-state index contributed by atoms with van der Waals surface area (Å²) >= 11 is 0. The average Bonchev–Trinajstić information content (AvgIpc) is 3.22. The average molecular weight is 449 g/mol. The highest BCUT2D eigenvalue weighted by Crippen LogP contribution is 2.14. The molecule has 1 aliphatic heterocycles. The van der Waals surface area contributed by atoms with Gasteiger partial charge in [-0.2, -0.15) is 0 Å². The molecule has 12 nitrogen and oxygen atoms in total. The first-order valence-electron chi connectivity index (χ1n) is 10.7. The summed E-state index contributed by atoms with van der Waals surface area (Å²) in [5.41, 5.74) is 6.13. The van der Waals surface area contributed by atoms with Gasteiger partial charge in [-0.15, -0.1) is 5.10 Å². The first-order valence-corrected chi connectivity index (χ1v) is 10.7. The molecule has 0 saturated carbocycles. The Morgan fingerprint density at radius 2 is 1.65 bits per heavy atom. The Kier molecular flexibility index (Phi) is 13.8. The van der Waals surface area contributed by atoms with Crippen molar-refractivity contribution in [2.24, 2.45) is 5.73 Å². The molecule has 2 rings (SSSR count). The number of rotatable bonds is 18. The molecule has 0 spiro atoms. The van der Waals surface area contributed by atoms with Gasteiger partial charge >= 0.3 is 0 Å². The normalized spacial score (nSPS) is 21.6. The van der Waals surface area contributed by atoms with E-state index in [0.717, 1.165) is 5.69 Å². The summed E-state index contributed by atoms with van der Waals surface area (Å²) in [4.78, 5) is 0. The molecule has 4 N–H and O–H groups in total. The molecule has 0 amide bonds. The zero-order valence-electron chi connectivity index (χ0n) is 18.0. The van der Waals surface area contributed by atoms with E-state index in [-0.39, 0.29) is 6.61 Å². The summed E-state index contributed by atoms with van der Waals surface area (Å²) in [6, 6.07) is 0. The van der Waals surface area contributed by atoms with Crippen molar-refractivity contribution < 1.29 is 38.6 Å². The van der Waals surface area contributed by atoms with E-state index >= 15 is 0 Å². The maximum Gasteiger partial charge on any atom is 0.109 e. The minimum absolute atomic E-state index is 0.230. The SMILES string of the molecule is NCCOCc1cn(CCOCCOCCOCCOC[C@H]2OCC[C@@H](O)[C@H]2O)nn1. The van der Waals surface area contributed by atoms with Crippen molar-refractivity contribution in [2.45, 2.75) is 37.9 Å². The van der Waals surface area contributed by atoms with E-state index in [1.54, 1.807) is 4.68 Å². The number of aliphatic hydroxyl groups is 2. The Bertz CT molecular complexity index is 565. The molecular weight excluding hydrogens is 412 g/mol. The monoisotopic (exact) mass is 448 g/mol. The maximum atomic E-state index is 9.78. The van der Waals surface area contributed by atoms with E-state index in [4.69, 9.17) is 34.2 Å². The lowest BCUT2D eigenvalue weighted by atomic mass is 10.0. The highest BCUT2D eigenvalue weighted by atomic mass is 16.6. The molecule has 1 fully saturated rings. The van der Waals surface area contributed by atoms with Crippen molar-refractivity contribution in [3.05, 3.63) is 11.9 Å². The molecule has 0 unspecified atom stereocenters. The third kappa shape index (κ3) is 11.3. The number of ether oxygens (including phenoxy) is 6. The number of hydrogen-bond donors (Lipinski definition) is 3. The summed E-state index contributed by atoms with van der Waals surface area (Å²) in [7, 11) is 0. The zero-order chi connectivity index (χ0) is 22.2. The van der Waals surface area contributed by atoms with Crippen LogP contribution in [-0.4, -0.2) is 116 Å². The van der Waals surface area contributed by atoms with Crippen LogP contribution >= 0.6 is 0 Å². The largest absolute Gasteiger partial charge is 0.390 e. The molecule has 12 heteroatoms. The molecule has 180 valence electrons. The summed E-state index contributed by atoms with van der Waals surface area (Å²) in [6.07, 6.45) is 0.127. The fraction of sp³-hybridized carbons (Fsp3) is 0.895. The maximum absolute atomic E-state index is 9.78. The van der Waals surface area contributed by atoms with Crippen molar-refractivity contribution in [3.63, 3.8) is 0 Å². The lowest BCUT2D eigenvalue weighted by Crippen LogP contribution is -2.46. The molecule has 1 aliphatic rings. The van der Waals surface area contributed by atoms with Gasteiger partial charge in [-0.25, -0.2) is 4.68 Å². The predicted octanol–water partition coefficient (Wildman–Crippen LogP) is -1.67. The Morgan fingerprint density at radius 3 is 2.35 bits per heavy atom. The third-order valence-corrected chi connectivity index (χ3v) is 4.48. The summed E-state index contributed by atoms with van der Waals surface area (Å²) in [5.74, 6) is 0. The smallest absolute Gasteiger partial charge is 0.109 e. The second-order valence-corrected chi connectivity index (χ2v) is 6.98. The predicted molar refractivity (Wildman–Crippen MR) is 108 cm³/mol. The highest BCUT2D eigenvalue weighted by Gasteiger charge is 2.31. The fourth-order valence-corrected chi connectivity index (χ4v) is 2.80. The first-order chi connectivity index (χ1) is 15.2. The van der Waals surface area contributed by atoms with E-state index in [0.29, 0.717) is 85.6 Å². The minimum atomic E-state index is -0.903. The van der Waals surface area contributed by atoms with Crippen LogP contribution in [0, 0.1) is 0 Å². The summed E-state index contributed by atoms with van der Waals surface area (Å²) in [5, 5.41) is 27.4. The number of nitrogens with two attached hydrogens (primary N) is 1. The van der Waals surface area contributed by atoms with Crippen LogP contribution in [0.3, 0.4) is 0 Å². The van der Waals surface area contributed by atoms with Crippen LogP contribution in [0.4, 0.5) is 0 Å². The molecular formula is C19H36N4O8. The Labute approximate surface area is 182 Å². The first kappa shape index (κ1) is 26.0. The van der Waals surface area contributed by atoms with E-state index in [1.807, 2.05) is 6.20 Å². The summed E-state index contributed by atoms with van der Waals surface area (Å²) < 4.78 is 34.2. The summed E-state index contributed by atoms with van der Waals surface area (Å²) in [6.45, 7) is 5.86. The molecule has 3 atom stereocenters. The van der Waals surface area contributed by atoms with Crippen molar-refractivity contribution in [3.8, 4) is 0 Å². The van der Waals surface area contributed by atoms with E-state index in [1.165, 1.54) is 0 Å². The van der Waals surface area contributed by atoms with Gasteiger partial charge in [0.2, 0.25) is 0 Å². The number of aliphatic hydroxyl groups excluding tert-OH is 2. The Hall–Kier alpha value is -1.22. The van der Waals surface area contributed by atoms with Gasteiger partial charge in [-0.05, 0) is 6.42 Å². The molecule has 0 radical (unpaired) electrons. The van der Waals surface area contributed by atoms with Crippen LogP contribution in [-0.2, 0) is 41.6 Å². The molecule has 1 aromatic rings. The van der Waals surface area contributed by atoms with Crippen molar-refractivity contribution >= 4 is 0 Å². The lowest BCUT2D eigenvalue weighted by Gasteiger charge is -2.31. The standard InChI is InChI=1S/C19H36N4O8/c20-2-5-29-14-16-13-23(22-21-16)3-6-26-7-8-27-9-10-28-11-12-30-15-18-19(25)17(24)1-4-31-18/h13,17-19,24-25H,1-12,14-15,20H2/t17-,18-,19-/m1/s1. The number of aromatic nitrogens is 3. The number of nitrogens with zero attached hydrogens (tertiary/aromatic N) is 3. The molecule has 0 aliphatic carbocycles. The van der Waals surface area contributed by atoms with E-state index < -0.39 is 18.3 Å². The molecule has 31 heavy (non-hydrogen) atoms. The Balaban J connectivity index is 1.32.